The number of carbonyl (C=O) groups is 1. The smallest absolute Gasteiger partial charge is 0.273 e. The minimum absolute atomic E-state index is 0.0555. The Bertz CT molecular complexity index is 521. The molecule has 1 aromatic rings. The fourth-order valence-corrected chi connectivity index (χ4v) is 2.37. The highest BCUT2D eigenvalue weighted by molar-refractivity contribution is 5.77. The fraction of sp³-hybridized carbons (Fsp3) is 0.500. The molecule has 1 aliphatic rings. The number of hydrogen-bond donors (Lipinski definition) is 2. The molecule has 2 N–H and O–H groups in total. The van der Waals surface area contributed by atoms with E-state index in [-0.39, 0.29) is 24.2 Å². The van der Waals surface area contributed by atoms with Crippen LogP contribution < -0.4 is 15.4 Å². The average molecular weight is 293 g/mol. The molecule has 1 aromatic carbocycles. The van der Waals surface area contributed by atoms with Crippen molar-refractivity contribution in [2.45, 2.75) is 31.8 Å². The third kappa shape index (κ3) is 4.71. The summed E-state index contributed by atoms with van der Waals surface area (Å²) in [7, 11) is 0. The molecule has 7 heteroatoms. The average Bonchev–Trinajstić information content (AvgIpc) is 2.45. The molecule has 0 aliphatic carbocycles. The summed E-state index contributed by atoms with van der Waals surface area (Å²) in [5, 5.41) is 16.9. The third-order valence-corrected chi connectivity index (χ3v) is 3.39. The van der Waals surface area contributed by atoms with Crippen LogP contribution in [0, 0.1) is 10.1 Å². The number of rotatable bonds is 5. The molecule has 0 bridgehead atoms. The van der Waals surface area contributed by atoms with Crippen LogP contribution in [0.15, 0.2) is 24.3 Å². The molecule has 21 heavy (non-hydrogen) atoms. The van der Waals surface area contributed by atoms with Gasteiger partial charge in [0.2, 0.25) is 0 Å². The van der Waals surface area contributed by atoms with Crippen LogP contribution in [-0.4, -0.2) is 36.1 Å². The molecule has 2 rings (SSSR count). The van der Waals surface area contributed by atoms with E-state index in [0.717, 1.165) is 19.4 Å². The van der Waals surface area contributed by atoms with Gasteiger partial charge in [0, 0.05) is 18.2 Å². The zero-order chi connectivity index (χ0) is 15.2. The lowest BCUT2D eigenvalue weighted by Gasteiger charge is -2.28. The lowest BCUT2D eigenvalue weighted by Crippen LogP contribution is -2.47. The van der Waals surface area contributed by atoms with Crippen molar-refractivity contribution in [3.05, 3.63) is 34.4 Å². The Morgan fingerprint density at radius 2 is 2.38 bits per heavy atom. The fourth-order valence-electron chi connectivity index (χ4n) is 2.37. The molecular formula is C14H19N3O4. The number of nitro benzene ring substituents is 1. The Kier molecular flexibility index (Phi) is 5.10. The van der Waals surface area contributed by atoms with E-state index in [1.807, 2.05) is 0 Å². The third-order valence-electron chi connectivity index (χ3n) is 3.39. The van der Waals surface area contributed by atoms with Gasteiger partial charge in [0.1, 0.15) is 5.75 Å². The quantitative estimate of drug-likeness (QED) is 0.629. The number of nitrogens with zero attached hydrogens (tertiary/aromatic N) is 1. The molecule has 0 spiro atoms. The summed E-state index contributed by atoms with van der Waals surface area (Å²) < 4.78 is 5.29. The molecule has 114 valence electrons. The maximum atomic E-state index is 11.8. The number of non-ortho nitro benzene ring substituents is 1. The Morgan fingerprint density at radius 3 is 3.10 bits per heavy atom. The van der Waals surface area contributed by atoms with Crippen molar-refractivity contribution < 1.29 is 14.5 Å². The number of hydrogen-bond acceptors (Lipinski definition) is 5. The first kappa shape index (κ1) is 15.2. The first-order valence-corrected chi connectivity index (χ1v) is 6.94. The van der Waals surface area contributed by atoms with Gasteiger partial charge in [0.05, 0.1) is 11.0 Å². The van der Waals surface area contributed by atoms with Crippen LogP contribution in [0.1, 0.15) is 19.8 Å². The molecular weight excluding hydrogens is 274 g/mol. The van der Waals surface area contributed by atoms with Crippen molar-refractivity contribution >= 4 is 11.6 Å². The zero-order valence-electron chi connectivity index (χ0n) is 11.9. The standard InChI is InChI=1S/C14H19N3O4/c1-10-7-11(5-6-15-10)16-14(18)9-21-13-4-2-3-12(8-13)17(19)20/h2-4,8,10-11,15H,5-7,9H2,1H3,(H,16,18). The minimum Gasteiger partial charge on any atom is -0.484 e. The van der Waals surface area contributed by atoms with Gasteiger partial charge in [-0.25, -0.2) is 0 Å². The van der Waals surface area contributed by atoms with Crippen LogP contribution >= 0.6 is 0 Å². The van der Waals surface area contributed by atoms with Crippen LogP contribution in [0.2, 0.25) is 0 Å². The van der Waals surface area contributed by atoms with E-state index in [0.29, 0.717) is 11.8 Å². The van der Waals surface area contributed by atoms with Gasteiger partial charge >= 0.3 is 0 Å². The van der Waals surface area contributed by atoms with Crippen molar-refractivity contribution in [3.8, 4) is 5.75 Å². The molecule has 0 radical (unpaired) electrons. The van der Waals surface area contributed by atoms with Crippen molar-refractivity contribution in [2.24, 2.45) is 0 Å². The molecule has 1 aliphatic heterocycles. The van der Waals surface area contributed by atoms with Gasteiger partial charge in [-0.2, -0.15) is 0 Å². The molecule has 2 unspecified atom stereocenters. The monoisotopic (exact) mass is 293 g/mol. The number of carbonyl (C=O) groups excluding carboxylic acids is 1. The number of ether oxygens (including phenoxy) is 1. The number of piperidine rings is 1. The van der Waals surface area contributed by atoms with E-state index < -0.39 is 4.92 Å². The predicted octanol–water partition coefficient (Wildman–Crippen LogP) is 1.23. The van der Waals surface area contributed by atoms with E-state index in [2.05, 4.69) is 17.6 Å². The summed E-state index contributed by atoms with van der Waals surface area (Å²) in [6, 6.07) is 6.35. The van der Waals surface area contributed by atoms with E-state index in [1.165, 1.54) is 18.2 Å². The van der Waals surface area contributed by atoms with E-state index >= 15 is 0 Å². The summed E-state index contributed by atoms with van der Waals surface area (Å²) >= 11 is 0. The highest BCUT2D eigenvalue weighted by Crippen LogP contribution is 2.18. The van der Waals surface area contributed by atoms with Crippen LogP contribution in [0.3, 0.4) is 0 Å². The second-order valence-electron chi connectivity index (χ2n) is 5.19. The van der Waals surface area contributed by atoms with Gasteiger partial charge in [-0.05, 0) is 32.4 Å². The summed E-state index contributed by atoms with van der Waals surface area (Å²) in [6.07, 6.45) is 1.79. The van der Waals surface area contributed by atoms with Gasteiger partial charge < -0.3 is 15.4 Å². The lowest BCUT2D eigenvalue weighted by atomic mass is 10.0. The molecule has 1 heterocycles. The lowest BCUT2D eigenvalue weighted by molar-refractivity contribution is -0.384. The van der Waals surface area contributed by atoms with E-state index in [9.17, 15) is 14.9 Å². The van der Waals surface area contributed by atoms with Gasteiger partial charge in [-0.3, -0.25) is 14.9 Å². The SMILES string of the molecule is CC1CC(NC(=O)COc2cccc([N+](=O)[O-])c2)CCN1. The van der Waals surface area contributed by atoms with Gasteiger partial charge in [0.15, 0.2) is 6.61 Å². The highest BCUT2D eigenvalue weighted by Gasteiger charge is 2.20. The van der Waals surface area contributed by atoms with Gasteiger partial charge in [0.25, 0.3) is 11.6 Å². The second-order valence-corrected chi connectivity index (χ2v) is 5.19. The molecule has 0 saturated carbocycles. The molecule has 1 fully saturated rings. The van der Waals surface area contributed by atoms with Crippen LogP contribution in [0.25, 0.3) is 0 Å². The summed E-state index contributed by atoms with van der Waals surface area (Å²) in [5.74, 6) is 0.110. The Labute approximate surface area is 122 Å². The molecule has 7 nitrogen and oxygen atoms in total. The largest absolute Gasteiger partial charge is 0.484 e. The van der Waals surface area contributed by atoms with Crippen molar-refractivity contribution in [2.75, 3.05) is 13.2 Å². The minimum atomic E-state index is -0.497. The van der Waals surface area contributed by atoms with Crippen LogP contribution in [0.4, 0.5) is 5.69 Å². The Hall–Kier alpha value is -2.15. The maximum Gasteiger partial charge on any atom is 0.273 e. The topological polar surface area (TPSA) is 93.5 Å². The van der Waals surface area contributed by atoms with Crippen molar-refractivity contribution in [3.63, 3.8) is 0 Å². The van der Waals surface area contributed by atoms with Crippen LogP contribution in [-0.2, 0) is 4.79 Å². The number of amides is 1. The molecule has 2 atom stereocenters. The number of nitrogens with one attached hydrogen (secondary N) is 2. The second kappa shape index (κ2) is 7.03. The highest BCUT2D eigenvalue weighted by atomic mass is 16.6. The molecule has 1 amide bonds. The number of nitro groups is 1. The van der Waals surface area contributed by atoms with E-state index in [1.54, 1.807) is 6.07 Å². The molecule has 0 aromatic heterocycles. The Balaban J connectivity index is 1.81. The predicted molar refractivity (Wildman–Crippen MR) is 77.2 cm³/mol. The van der Waals surface area contributed by atoms with E-state index in [4.69, 9.17) is 4.74 Å². The normalized spacial score (nSPS) is 21.6. The van der Waals surface area contributed by atoms with Crippen molar-refractivity contribution in [1.29, 1.82) is 0 Å². The van der Waals surface area contributed by atoms with Crippen molar-refractivity contribution in [1.82, 2.24) is 10.6 Å². The first-order valence-electron chi connectivity index (χ1n) is 6.94. The Morgan fingerprint density at radius 1 is 1.57 bits per heavy atom. The first-order chi connectivity index (χ1) is 10.0. The van der Waals surface area contributed by atoms with Crippen LogP contribution in [0.5, 0.6) is 5.75 Å². The summed E-state index contributed by atoms with van der Waals surface area (Å²) in [6.45, 7) is 2.83. The van der Waals surface area contributed by atoms with Gasteiger partial charge in [-0.1, -0.05) is 6.07 Å². The summed E-state index contributed by atoms with van der Waals surface area (Å²) in [5.41, 5.74) is -0.0555. The molecule has 1 saturated heterocycles. The maximum absolute atomic E-state index is 11.8. The summed E-state index contributed by atoms with van der Waals surface area (Å²) in [4.78, 5) is 22.0. The van der Waals surface area contributed by atoms with Gasteiger partial charge in [-0.15, -0.1) is 0 Å². The number of benzene rings is 1. The zero-order valence-corrected chi connectivity index (χ0v) is 11.9.